The number of amides is 2. The highest BCUT2D eigenvalue weighted by molar-refractivity contribution is 5.85. The number of likely N-dealkylation sites (N-methyl/N-ethyl adjacent to an activating group) is 1. The Labute approximate surface area is 136 Å². The SMILES string of the molecule is CN(C)C(=O)[C@H]1C[C@@H](c2ccccc2)ON1C(=O)OC(C)(C)C. The number of carbonyl (C=O) groups is 2. The van der Waals surface area contributed by atoms with Crippen LogP contribution in [0.2, 0.25) is 0 Å². The zero-order valence-corrected chi connectivity index (χ0v) is 14.3. The molecule has 0 saturated carbocycles. The van der Waals surface area contributed by atoms with Crippen molar-refractivity contribution in [3.05, 3.63) is 35.9 Å². The molecule has 0 aliphatic carbocycles. The van der Waals surface area contributed by atoms with Gasteiger partial charge in [0.25, 0.3) is 0 Å². The molecule has 0 unspecified atom stereocenters. The van der Waals surface area contributed by atoms with E-state index < -0.39 is 17.7 Å². The van der Waals surface area contributed by atoms with Crippen molar-refractivity contribution in [1.82, 2.24) is 9.96 Å². The van der Waals surface area contributed by atoms with Crippen molar-refractivity contribution in [2.75, 3.05) is 14.1 Å². The zero-order chi connectivity index (χ0) is 17.2. The lowest BCUT2D eigenvalue weighted by atomic mass is 10.0. The Balaban J connectivity index is 2.22. The highest BCUT2D eigenvalue weighted by Crippen LogP contribution is 2.34. The minimum atomic E-state index is -0.690. The highest BCUT2D eigenvalue weighted by atomic mass is 16.7. The van der Waals surface area contributed by atoms with Crippen LogP contribution >= 0.6 is 0 Å². The Morgan fingerprint density at radius 2 is 1.83 bits per heavy atom. The molecule has 0 aromatic heterocycles. The summed E-state index contributed by atoms with van der Waals surface area (Å²) in [6.45, 7) is 5.33. The normalized spacial score (nSPS) is 21.2. The Morgan fingerprint density at radius 3 is 2.35 bits per heavy atom. The summed E-state index contributed by atoms with van der Waals surface area (Å²) in [5.41, 5.74) is 0.270. The van der Waals surface area contributed by atoms with Crippen LogP contribution in [0.5, 0.6) is 0 Å². The van der Waals surface area contributed by atoms with Crippen molar-refractivity contribution in [2.45, 2.75) is 44.9 Å². The molecular formula is C17H24N2O4. The van der Waals surface area contributed by atoms with Gasteiger partial charge in [0.1, 0.15) is 17.7 Å². The summed E-state index contributed by atoms with van der Waals surface area (Å²) in [6, 6.07) is 8.85. The molecule has 23 heavy (non-hydrogen) atoms. The topological polar surface area (TPSA) is 59.1 Å². The van der Waals surface area contributed by atoms with Crippen molar-refractivity contribution in [3.8, 4) is 0 Å². The molecule has 1 aromatic rings. The predicted octanol–water partition coefficient (Wildman–Crippen LogP) is 2.76. The summed E-state index contributed by atoms with van der Waals surface area (Å²) in [7, 11) is 3.32. The van der Waals surface area contributed by atoms with Crippen LogP contribution in [0, 0.1) is 0 Å². The molecule has 1 heterocycles. The lowest BCUT2D eigenvalue weighted by Crippen LogP contribution is -2.46. The van der Waals surface area contributed by atoms with Crippen molar-refractivity contribution < 1.29 is 19.2 Å². The smallest absolute Gasteiger partial charge is 0.435 e. The van der Waals surface area contributed by atoms with E-state index in [0.717, 1.165) is 10.6 Å². The standard InChI is InChI=1S/C17H24N2O4/c1-17(2,3)22-16(21)19-13(15(20)18(4)5)11-14(23-19)12-9-7-6-8-10-12/h6-10,13-14H,11H2,1-5H3/t13-,14+/m1/s1. The number of rotatable bonds is 2. The number of nitrogens with zero attached hydrogens (tertiary/aromatic N) is 2. The quantitative estimate of drug-likeness (QED) is 0.841. The van der Waals surface area contributed by atoms with Crippen molar-refractivity contribution >= 4 is 12.0 Å². The van der Waals surface area contributed by atoms with E-state index in [1.54, 1.807) is 34.9 Å². The fraction of sp³-hybridized carbons (Fsp3) is 0.529. The molecule has 1 fully saturated rings. The Bertz CT molecular complexity index is 566. The van der Waals surface area contributed by atoms with Crippen LogP contribution in [0.15, 0.2) is 30.3 Å². The van der Waals surface area contributed by atoms with Gasteiger partial charge in [-0.15, -0.1) is 0 Å². The molecule has 126 valence electrons. The lowest BCUT2D eigenvalue weighted by Gasteiger charge is -2.27. The number of ether oxygens (including phenoxy) is 1. The summed E-state index contributed by atoms with van der Waals surface area (Å²) in [4.78, 5) is 32.0. The van der Waals surface area contributed by atoms with Crippen LogP contribution in [-0.2, 0) is 14.4 Å². The molecular weight excluding hydrogens is 296 g/mol. The molecule has 6 nitrogen and oxygen atoms in total. The first-order valence-electron chi connectivity index (χ1n) is 7.64. The molecule has 2 rings (SSSR count). The fourth-order valence-electron chi connectivity index (χ4n) is 2.39. The molecule has 1 aliphatic rings. The lowest BCUT2D eigenvalue weighted by molar-refractivity contribution is -0.165. The van der Waals surface area contributed by atoms with Crippen molar-refractivity contribution in [1.29, 1.82) is 0 Å². The molecule has 2 amide bonds. The van der Waals surface area contributed by atoms with E-state index in [1.807, 2.05) is 30.3 Å². The van der Waals surface area contributed by atoms with Gasteiger partial charge in [0.2, 0.25) is 5.91 Å². The first-order chi connectivity index (χ1) is 10.7. The van der Waals surface area contributed by atoms with Gasteiger partial charge in [-0.2, -0.15) is 5.06 Å². The maximum absolute atomic E-state index is 12.4. The van der Waals surface area contributed by atoms with E-state index in [4.69, 9.17) is 9.57 Å². The molecule has 1 aromatic carbocycles. The van der Waals surface area contributed by atoms with E-state index in [2.05, 4.69) is 0 Å². The molecule has 0 bridgehead atoms. The van der Waals surface area contributed by atoms with E-state index in [0.29, 0.717) is 6.42 Å². The van der Waals surface area contributed by atoms with Gasteiger partial charge in [-0.05, 0) is 26.3 Å². The van der Waals surface area contributed by atoms with Crippen LogP contribution in [0.4, 0.5) is 4.79 Å². The minimum absolute atomic E-state index is 0.186. The highest BCUT2D eigenvalue weighted by Gasteiger charge is 2.44. The average molecular weight is 320 g/mol. The first-order valence-corrected chi connectivity index (χ1v) is 7.64. The van der Waals surface area contributed by atoms with Gasteiger partial charge in [-0.25, -0.2) is 4.79 Å². The molecule has 6 heteroatoms. The van der Waals surface area contributed by atoms with E-state index in [1.165, 1.54) is 4.90 Å². The number of benzene rings is 1. The molecule has 0 N–H and O–H groups in total. The molecule has 1 saturated heterocycles. The molecule has 0 radical (unpaired) electrons. The number of hydrogen-bond donors (Lipinski definition) is 0. The van der Waals surface area contributed by atoms with Gasteiger partial charge in [-0.1, -0.05) is 30.3 Å². The second-order valence-corrected chi connectivity index (χ2v) is 6.80. The Morgan fingerprint density at radius 1 is 1.22 bits per heavy atom. The van der Waals surface area contributed by atoms with E-state index in [-0.39, 0.29) is 12.0 Å². The average Bonchev–Trinajstić information content (AvgIpc) is 2.90. The zero-order valence-electron chi connectivity index (χ0n) is 14.3. The first kappa shape index (κ1) is 17.3. The summed E-state index contributed by atoms with van der Waals surface area (Å²) in [5, 5.41) is 1.07. The third kappa shape index (κ3) is 4.22. The van der Waals surface area contributed by atoms with Gasteiger partial charge in [-0.3, -0.25) is 9.63 Å². The predicted molar refractivity (Wildman–Crippen MR) is 85.4 cm³/mol. The van der Waals surface area contributed by atoms with Gasteiger partial charge in [0, 0.05) is 20.5 Å². The van der Waals surface area contributed by atoms with Gasteiger partial charge >= 0.3 is 6.09 Å². The Hall–Kier alpha value is -2.08. The maximum Gasteiger partial charge on any atom is 0.435 e. The maximum atomic E-state index is 12.4. The van der Waals surface area contributed by atoms with E-state index >= 15 is 0 Å². The van der Waals surface area contributed by atoms with Crippen LogP contribution in [0.1, 0.15) is 38.9 Å². The van der Waals surface area contributed by atoms with Crippen LogP contribution in [0.25, 0.3) is 0 Å². The monoisotopic (exact) mass is 320 g/mol. The third-order valence-electron chi connectivity index (χ3n) is 3.43. The molecule has 0 spiro atoms. The summed E-state index contributed by atoms with van der Waals surface area (Å²) < 4.78 is 5.36. The van der Waals surface area contributed by atoms with Gasteiger partial charge in [0.05, 0.1) is 0 Å². The van der Waals surface area contributed by atoms with Crippen molar-refractivity contribution in [3.63, 3.8) is 0 Å². The molecule has 1 aliphatic heterocycles. The van der Waals surface area contributed by atoms with Gasteiger partial charge in [0.15, 0.2) is 0 Å². The van der Waals surface area contributed by atoms with Crippen molar-refractivity contribution in [2.24, 2.45) is 0 Å². The van der Waals surface area contributed by atoms with Gasteiger partial charge < -0.3 is 9.64 Å². The second kappa shape index (κ2) is 6.58. The Kier molecular flexibility index (Phi) is 4.94. The van der Waals surface area contributed by atoms with Crippen LogP contribution < -0.4 is 0 Å². The summed E-state index contributed by atoms with van der Waals surface area (Å²) in [6.07, 6.45) is -0.589. The van der Waals surface area contributed by atoms with Crippen LogP contribution in [-0.4, -0.2) is 47.7 Å². The second-order valence-electron chi connectivity index (χ2n) is 6.80. The minimum Gasteiger partial charge on any atom is -0.442 e. The largest absolute Gasteiger partial charge is 0.442 e. The van der Waals surface area contributed by atoms with Crippen LogP contribution in [0.3, 0.4) is 0 Å². The van der Waals surface area contributed by atoms with E-state index in [9.17, 15) is 9.59 Å². The fourth-order valence-corrected chi connectivity index (χ4v) is 2.39. The number of carbonyl (C=O) groups excluding carboxylic acids is 2. The number of hydrogen-bond acceptors (Lipinski definition) is 4. The molecule has 2 atom stereocenters. The summed E-state index contributed by atoms with van der Waals surface area (Å²) >= 11 is 0. The third-order valence-corrected chi connectivity index (χ3v) is 3.43. The summed E-state index contributed by atoms with van der Waals surface area (Å²) in [5.74, 6) is -0.186. The number of hydroxylamine groups is 2.